The lowest BCUT2D eigenvalue weighted by atomic mass is 9.68. The van der Waals surface area contributed by atoms with Gasteiger partial charge in [0.25, 0.3) is 0 Å². The van der Waals surface area contributed by atoms with E-state index in [2.05, 4.69) is 38.1 Å². The third kappa shape index (κ3) is 12.3. The van der Waals surface area contributed by atoms with Gasteiger partial charge in [-0.3, -0.25) is 0 Å². The van der Waals surface area contributed by atoms with Gasteiger partial charge in [-0.2, -0.15) is 0 Å². The number of hydrogen-bond donors (Lipinski definition) is 7. The van der Waals surface area contributed by atoms with E-state index in [-0.39, 0.29) is 46.2 Å². The molecule has 0 aliphatic rings. The van der Waals surface area contributed by atoms with Crippen molar-refractivity contribution in [2.24, 2.45) is 0 Å². The molecule has 7 heteroatoms. The molecule has 42 heavy (non-hydrogen) atoms. The molecule has 0 heterocycles. The van der Waals surface area contributed by atoms with Crippen molar-refractivity contribution in [3.63, 3.8) is 0 Å². The summed E-state index contributed by atoms with van der Waals surface area (Å²) in [5.74, 6) is 0. The zero-order valence-corrected chi connectivity index (χ0v) is 25.4. The van der Waals surface area contributed by atoms with Gasteiger partial charge in [-0.05, 0) is 86.6 Å². The van der Waals surface area contributed by atoms with Crippen LogP contribution < -0.4 is 0 Å². The van der Waals surface area contributed by atoms with Gasteiger partial charge < -0.3 is 35.7 Å². The molecule has 0 fully saturated rings. The first-order valence-corrected chi connectivity index (χ1v) is 14.8. The molecule has 0 aliphatic heterocycles. The van der Waals surface area contributed by atoms with Gasteiger partial charge in [-0.15, -0.1) is 0 Å². The third-order valence-corrected chi connectivity index (χ3v) is 7.45. The molecule has 3 aromatic carbocycles. The van der Waals surface area contributed by atoms with E-state index in [1.54, 1.807) is 0 Å². The first kappa shape index (κ1) is 37.4. The molecule has 3 rings (SSSR count). The minimum atomic E-state index is -0.686. The maximum atomic E-state index is 9.70. The number of hydrogen-bond acceptors (Lipinski definition) is 7. The quantitative estimate of drug-likeness (QED) is 0.145. The van der Waals surface area contributed by atoms with Crippen molar-refractivity contribution in [2.75, 3.05) is 46.2 Å². The first-order chi connectivity index (χ1) is 20.4. The van der Waals surface area contributed by atoms with Crippen LogP contribution in [0.5, 0.6) is 0 Å². The summed E-state index contributed by atoms with van der Waals surface area (Å²) < 4.78 is 0. The van der Waals surface area contributed by atoms with Gasteiger partial charge in [0.1, 0.15) is 0 Å². The van der Waals surface area contributed by atoms with Gasteiger partial charge in [-0.25, -0.2) is 0 Å². The fourth-order valence-corrected chi connectivity index (χ4v) is 5.43. The molecule has 0 saturated heterocycles. The van der Waals surface area contributed by atoms with Crippen LogP contribution in [0, 0.1) is 13.8 Å². The standard InChI is InChI=1S/C21H36O7.2C7H8/c22-8-1-16-15-20(21(5-12-26,6-13-27)7-14-28)19(4-11-25)18(3-10-24)17(16)2-9-23;2*1-7-5-3-2-4-6-7/h15,22-28H,1-14H2;2*2-6H,1H3. The molecule has 0 aliphatic carbocycles. The van der Waals surface area contributed by atoms with Gasteiger partial charge in [0, 0.05) is 51.7 Å². The van der Waals surface area contributed by atoms with Crippen molar-refractivity contribution < 1.29 is 35.7 Å². The minimum absolute atomic E-state index is 0.0795. The highest BCUT2D eigenvalue weighted by Gasteiger charge is 2.35. The monoisotopic (exact) mass is 584 g/mol. The van der Waals surface area contributed by atoms with Gasteiger partial charge >= 0.3 is 0 Å². The summed E-state index contributed by atoms with van der Waals surface area (Å²) in [6, 6.07) is 22.4. The molecule has 0 saturated carbocycles. The number of benzene rings is 3. The Kier molecular flexibility index (Phi) is 19.6. The first-order valence-electron chi connectivity index (χ1n) is 14.8. The average molecular weight is 585 g/mol. The Morgan fingerprint density at radius 1 is 0.452 bits per heavy atom. The average Bonchev–Trinajstić information content (AvgIpc) is 2.98. The smallest absolute Gasteiger partial charge is 0.0471 e. The maximum Gasteiger partial charge on any atom is 0.0471 e. The molecule has 0 unspecified atom stereocenters. The second kappa shape index (κ2) is 22.0. The highest BCUT2D eigenvalue weighted by Crippen LogP contribution is 2.41. The van der Waals surface area contributed by atoms with Crippen molar-refractivity contribution in [1.82, 2.24) is 0 Å². The summed E-state index contributed by atoms with van der Waals surface area (Å²) in [7, 11) is 0. The van der Waals surface area contributed by atoms with Gasteiger partial charge in [0.05, 0.1) is 0 Å². The third-order valence-electron chi connectivity index (χ3n) is 7.45. The molecule has 0 aromatic heterocycles. The summed E-state index contributed by atoms with van der Waals surface area (Å²) in [6.45, 7) is 3.42. The Labute approximate surface area is 251 Å². The lowest BCUT2D eigenvalue weighted by Crippen LogP contribution is -2.33. The van der Waals surface area contributed by atoms with Crippen LogP contribution in [0.25, 0.3) is 0 Å². The lowest BCUT2D eigenvalue weighted by Gasteiger charge is -2.37. The van der Waals surface area contributed by atoms with Crippen LogP contribution in [-0.4, -0.2) is 82.0 Å². The number of aliphatic hydroxyl groups is 7. The molecule has 0 atom stereocenters. The Hall–Kier alpha value is -2.62. The van der Waals surface area contributed by atoms with E-state index in [1.165, 1.54) is 11.1 Å². The minimum Gasteiger partial charge on any atom is -0.396 e. The molecule has 0 amide bonds. The Morgan fingerprint density at radius 3 is 1.17 bits per heavy atom. The fraction of sp³-hybridized carbons (Fsp3) is 0.486. The Bertz CT molecular complexity index is 1030. The SMILES string of the molecule is Cc1ccccc1.Cc1ccccc1.OCCc1cc(C(CCO)(CCO)CCO)c(CCO)c(CCO)c1CCO. The molecule has 0 spiro atoms. The van der Waals surface area contributed by atoms with Gasteiger partial charge in [0.2, 0.25) is 0 Å². The Morgan fingerprint density at radius 2 is 0.833 bits per heavy atom. The molecule has 234 valence electrons. The van der Waals surface area contributed by atoms with Crippen molar-refractivity contribution in [1.29, 1.82) is 0 Å². The maximum absolute atomic E-state index is 9.70. The molecular formula is C35H52O7. The van der Waals surface area contributed by atoms with Crippen molar-refractivity contribution >= 4 is 0 Å². The largest absolute Gasteiger partial charge is 0.396 e. The second-order valence-corrected chi connectivity index (χ2v) is 10.4. The van der Waals surface area contributed by atoms with Crippen LogP contribution in [0.1, 0.15) is 58.2 Å². The van der Waals surface area contributed by atoms with Crippen LogP contribution in [0.2, 0.25) is 0 Å². The summed E-state index contributed by atoms with van der Waals surface area (Å²) >= 11 is 0. The van der Waals surface area contributed by atoms with Crippen molar-refractivity contribution in [3.05, 3.63) is 106 Å². The van der Waals surface area contributed by atoms with Crippen molar-refractivity contribution in [3.8, 4) is 0 Å². The van der Waals surface area contributed by atoms with E-state index in [1.807, 2.05) is 42.5 Å². The second-order valence-electron chi connectivity index (χ2n) is 10.4. The van der Waals surface area contributed by atoms with E-state index in [9.17, 15) is 35.7 Å². The number of aryl methyl sites for hydroxylation is 2. The molecule has 7 nitrogen and oxygen atoms in total. The Balaban J connectivity index is 0.000000504. The predicted octanol–water partition coefficient (Wildman–Crippen LogP) is 3.20. The van der Waals surface area contributed by atoms with Crippen LogP contribution >= 0.6 is 0 Å². The normalized spacial score (nSPS) is 10.9. The highest BCUT2D eigenvalue weighted by molar-refractivity contribution is 5.50. The van der Waals surface area contributed by atoms with Crippen LogP contribution in [0.4, 0.5) is 0 Å². The molecular weight excluding hydrogens is 532 g/mol. The van der Waals surface area contributed by atoms with E-state index in [0.29, 0.717) is 44.9 Å². The molecule has 0 radical (unpaired) electrons. The lowest BCUT2D eigenvalue weighted by molar-refractivity contribution is 0.155. The van der Waals surface area contributed by atoms with Crippen molar-refractivity contribution in [2.45, 2.75) is 64.2 Å². The summed E-state index contributed by atoms with van der Waals surface area (Å²) in [4.78, 5) is 0. The number of aliphatic hydroxyl groups excluding tert-OH is 7. The molecule has 7 N–H and O–H groups in total. The highest BCUT2D eigenvalue weighted by atomic mass is 16.3. The van der Waals surface area contributed by atoms with Gasteiger partial charge in [-0.1, -0.05) is 77.9 Å². The van der Waals surface area contributed by atoms with Crippen LogP contribution in [0.15, 0.2) is 66.7 Å². The number of rotatable bonds is 15. The topological polar surface area (TPSA) is 142 Å². The van der Waals surface area contributed by atoms with Crippen LogP contribution in [-0.2, 0) is 31.1 Å². The van der Waals surface area contributed by atoms with E-state index in [4.69, 9.17) is 0 Å². The van der Waals surface area contributed by atoms with E-state index < -0.39 is 5.41 Å². The van der Waals surface area contributed by atoms with Crippen LogP contribution in [0.3, 0.4) is 0 Å². The van der Waals surface area contributed by atoms with Gasteiger partial charge in [0.15, 0.2) is 0 Å². The summed E-state index contributed by atoms with van der Waals surface area (Å²) in [5.41, 5.74) is 6.16. The van der Waals surface area contributed by atoms with E-state index >= 15 is 0 Å². The summed E-state index contributed by atoms with van der Waals surface area (Å²) in [6.07, 6.45) is 2.41. The zero-order chi connectivity index (χ0) is 31.2. The van der Waals surface area contributed by atoms with E-state index in [0.717, 1.165) is 27.8 Å². The summed E-state index contributed by atoms with van der Waals surface area (Å²) in [5, 5.41) is 67.5. The predicted molar refractivity (Wildman–Crippen MR) is 169 cm³/mol. The molecule has 3 aromatic rings. The fourth-order valence-electron chi connectivity index (χ4n) is 5.43. The molecule has 0 bridgehead atoms. The zero-order valence-electron chi connectivity index (χ0n) is 25.4.